The highest BCUT2D eigenvalue weighted by Gasteiger charge is 2.27. The SMILES string of the molecule is CC(C)CC(NC(Cc1ccc(-c2ccc(Cl)cc2)o1)C(=O)O)C(=O)O. The quantitative estimate of drug-likeness (QED) is 0.614. The summed E-state index contributed by atoms with van der Waals surface area (Å²) < 4.78 is 5.72. The van der Waals surface area contributed by atoms with E-state index in [1.165, 1.54) is 0 Å². The Morgan fingerprint density at radius 3 is 2.19 bits per heavy atom. The van der Waals surface area contributed by atoms with Crippen molar-refractivity contribution >= 4 is 23.5 Å². The van der Waals surface area contributed by atoms with Crippen LogP contribution in [0.15, 0.2) is 40.8 Å². The van der Waals surface area contributed by atoms with Gasteiger partial charge in [0.2, 0.25) is 0 Å². The van der Waals surface area contributed by atoms with Gasteiger partial charge in [-0.15, -0.1) is 0 Å². The molecule has 2 aromatic rings. The fourth-order valence-electron chi connectivity index (χ4n) is 2.63. The minimum absolute atomic E-state index is 0.0464. The van der Waals surface area contributed by atoms with Gasteiger partial charge in [0.1, 0.15) is 23.6 Å². The number of carboxylic acids is 2. The van der Waals surface area contributed by atoms with Crippen LogP contribution in [0.1, 0.15) is 26.0 Å². The van der Waals surface area contributed by atoms with Crippen molar-refractivity contribution in [3.05, 3.63) is 47.2 Å². The summed E-state index contributed by atoms with van der Waals surface area (Å²) in [6, 6.07) is 8.55. The van der Waals surface area contributed by atoms with E-state index in [1.54, 1.807) is 36.4 Å². The standard InChI is InChI=1S/C19H22ClNO5/c1-11(2)9-15(18(22)23)21-16(19(24)25)10-14-7-8-17(26-14)12-3-5-13(20)6-4-12/h3-8,11,15-16,21H,9-10H2,1-2H3,(H,22,23)(H,24,25). The van der Waals surface area contributed by atoms with Gasteiger partial charge in [-0.05, 0) is 48.7 Å². The van der Waals surface area contributed by atoms with Crippen molar-refractivity contribution in [1.82, 2.24) is 5.32 Å². The number of benzene rings is 1. The Morgan fingerprint density at radius 1 is 1.04 bits per heavy atom. The lowest BCUT2D eigenvalue weighted by molar-refractivity contribution is -0.143. The summed E-state index contributed by atoms with van der Waals surface area (Å²) in [6.07, 6.45) is 0.387. The monoisotopic (exact) mass is 379 g/mol. The summed E-state index contributed by atoms with van der Waals surface area (Å²) in [7, 11) is 0. The molecule has 0 fully saturated rings. The molecule has 6 nitrogen and oxygen atoms in total. The van der Waals surface area contributed by atoms with Crippen LogP contribution >= 0.6 is 11.6 Å². The van der Waals surface area contributed by atoms with E-state index in [0.29, 0.717) is 23.0 Å². The maximum absolute atomic E-state index is 11.6. The highest BCUT2D eigenvalue weighted by Crippen LogP contribution is 2.24. The third-order valence-corrected chi connectivity index (χ3v) is 4.15. The zero-order valence-electron chi connectivity index (χ0n) is 14.6. The van der Waals surface area contributed by atoms with Crippen LogP contribution in [0.5, 0.6) is 0 Å². The van der Waals surface area contributed by atoms with Crippen molar-refractivity contribution in [1.29, 1.82) is 0 Å². The lowest BCUT2D eigenvalue weighted by atomic mass is 10.0. The third-order valence-electron chi connectivity index (χ3n) is 3.90. The molecular formula is C19H22ClNO5. The molecule has 2 atom stereocenters. The first kappa shape index (κ1) is 20.0. The predicted octanol–water partition coefficient (Wildman–Crippen LogP) is 3.68. The molecule has 2 unspecified atom stereocenters. The molecule has 0 saturated heterocycles. The topological polar surface area (TPSA) is 99.8 Å². The molecule has 0 bridgehead atoms. The average molecular weight is 380 g/mol. The van der Waals surface area contributed by atoms with Gasteiger partial charge < -0.3 is 14.6 Å². The van der Waals surface area contributed by atoms with Gasteiger partial charge in [0.05, 0.1) is 0 Å². The van der Waals surface area contributed by atoms with Gasteiger partial charge in [0.25, 0.3) is 0 Å². The van der Waals surface area contributed by atoms with E-state index in [-0.39, 0.29) is 12.3 Å². The first-order chi connectivity index (χ1) is 12.3. The van der Waals surface area contributed by atoms with Crippen LogP contribution in [-0.2, 0) is 16.0 Å². The van der Waals surface area contributed by atoms with Crippen molar-refractivity contribution in [2.24, 2.45) is 5.92 Å². The number of carboxylic acid groups (broad SMARTS) is 2. The number of nitrogens with one attached hydrogen (secondary N) is 1. The Balaban J connectivity index is 2.11. The molecule has 0 aliphatic rings. The van der Waals surface area contributed by atoms with E-state index < -0.39 is 24.0 Å². The fourth-order valence-corrected chi connectivity index (χ4v) is 2.76. The summed E-state index contributed by atoms with van der Waals surface area (Å²) in [5.74, 6) is -1.00. The number of hydrogen-bond acceptors (Lipinski definition) is 4. The Hall–Kier alpha value is -2.31. The molecule has 1 heterocycles. The highest BCUT2D eigenvalue weighted by atomic mass is 35.5. The van der Waals surface area contributed by atoms with Gasteiger partial charge in [0.15, 0.2) is 0 Å². The maximum Gasteiger partial charge on any atom is 0.321 e. The Bertz CT molecular complexity index is 754. The summed E-state index contributed by atoms with van der Waals surface area (Å²) >= 11 is 5.87. The number of hydrogen-bond donors (Lipinski definition) is 3. The van der Waals surface area contributed by atoms with E-state index in [2.05, 4.69) is 5.32 Å². The van der Waals surface area contributed by atoms with Crippen molar-refractivity contribution in [2.75, 3.05) is 0 Å². The molecule has 0 saturated carbocycles. The largest absolute Gasteiger partial charge is 0.480 e. The van der Waals surface area contributed by atoms with Gasteiger partial charge in [-0.3, -0.25) is 14.9 Å². The zero-order chi connectivity index (χ0) is 19.3. The van der Waals surface area contributed by atoms with Crippen molar-refractivity contribution in [3.8, 4) is 11.3 Å². The van der Waals surface area contributed by atoms with Crippen LogP contribution in [0.2, 0.25) is 5.02 Å². The van der Waals surface area contributed by atoms with Crippen molar-refractivity contribution in [2.45, 2.75) is 38.8 Å². The summed E-state index contributed by atoms with van der Waals surface area (Å²) in [6.45, 7) is 3.77. The Labute approximate surface area is 156 Å². The minimum atomic E-state index is -1.12. The van der Waals surface area contributed by atoms with Crippen LogP contribution in [0.4, 0.5) is 0 Å². The van der Waals surface area contributed by atoms with Gasteiger partial charge >= 0.3 is 11.9 Å². The van der Waals surface area contributed by atoms with E-state index >= 15 is 0 Å². The minimum Gasteiger partial charge on any atom is -0.480 e. The first-order valence-corrected chi connectivity index (χ1v) is 8.70. The number of carbonyl (C=O) groups is 2. The summed E-state index contributed by atoms with van der Waals surface area (Å²) in [5, 5.41) is 22.1. The van der Waals surface area contributed by atoms with E-state index in [4.69, 9.17) is 16.0 Å². The molecular weight excluding hydrogens is 358 g/mol. The van der Waals surface area contributed by atoms with E-state index in [1.807, 2.05) is 13.8 Å². The number of rotatable bonds is 9. The van der Waals surface area contributed by atoms with Gasteiger partial charge in [0, 0.05) is 17.0 Å². The second-order valence-corrected chi connectivity index (χ2v) is 6.99. The molecule has 1 aromatic heterocycles. The summed E-state index contributed by atoms with van der Waals surface area (Å²) in [4.78, 5) is 22.9. The molecule has 2 rings (SSSR count). The predicted molar refractivity (Wildman–Crippen MR) is 98.3 cm³/mol. The molecule has 1 aromatic carbocycles. The summed E-state index contributed by atoms with van der Waals surface area (Å²) in [5.41, 5.74) is 0.823. The highest BCUT2D eigenvalue weighted by molar-refractivity contribution is 6.30. The second-order valence-electron chi connectivity index (χ2n) is 6.55. The molecule has 0 amide bonds. The fraction of sp³-hybridized carbons (Fsp3) is 0.368. The van der Waals surface area contributed by atoms with Crippen LogP contribution in [0.25, 0.3) is 11.3 Å². The van der Waals surface area contributed by atoms with Crippen LogP contribution < -0.4 is 5.32 Å². The zero-order valence-corrected chi connectivity index (χ0v) is 15.4. The van der Waals surface area contributed by atoms with Crippen LogP contribution in [0, 0.1) is 5.92 Å². The molecule has 140 valence electrons. The maximum atomic E-state index is 11.6. The molecule has 0 aliphatic heterocycles. The lowest BCUT2D eigenvalue weighted by Gasteiger charge is -2.21. The van der Waals surface area contributed by atoms with Crippen LogP contribution in [-0.4, -0.2) is 34.2 Å². The van der Waals surface area contributed by atoms with E-state index in [0.717, 1.165) is 5.56 Å². The molecule has 3 N–H and O–H groups in total. The van der Waals surface area contributed by atoms with Crippen molar-refractivity contribution in [3.63, 3.8) is 0 Å². The van der Waals surface area contributed by atoms with Gasteiger partial charge in [-0.2, -0.15) is 0 Å². The number of halogens is 1. The number of furan rings is 1. The third kappa shape index (κ3) is 5.61. The average Bonchev–Trinajstić information content (AvgIpc) is 3.02. The molecule has 0 radical (unpaired) electrons. The molecule has 26 heavy (non-hydrogen) atoms. The van der Waals surface area contributed by atoms with Gasteiger partial charge in [-0.25, -0.2) is 0 Å². The Morgan fingerprint density at radius 2 is 1.65 bits per heavy atom. The van der Waals surface area contributed by atoms with Gasteiger partial charge in [-0.1, -0.05) is 25.4 Å². The van der Waals surface area contributed by atoms with Crippen LogP contribution in [0.3, 0.4) is 0 Å². The second kappa shape index (κ2) is 8.87. The molecule has 0 aliphatic carbocycles. The van der Waals surface area contributed by atoms with Crippen molar-refractivity contribution < 1.29 is 24.2 Å². The van der Waals surface area contributed by atoms with E-state index in [9.17, 15) is 19.8 Å². The first-order valence-electron chi connectivity index (χ1n) is 8.32. The molecule has 0 spiro atoms. The smallest absolute Gasteiger partial charge is 0.321 e. The normalized spacial score (nSPS) is 13.5. The number of aliphatic carboxylic acids is 2. The Kier molecular flexibility index (Phi) is 6.83. The lowest BCUT2D eigenvalue weighted by Crippen LogP contribution is -2.48. The molecule has 7 heteroatoms.